The number of nitriles is 1. The molecule has 0 fully saturated rings. The van der Waals surface area contributed by atoms with Gasteiger partial charge in [0.05, 0.1) is 17.0 Å². The summed E-state index contributed by atoms with van der Waals surface area (Å²) in [4.78, 5) is 11.5. The zero-order valence-electron chi connectivity index (χ0n) is 8.77. The van der Waals surface area contributed by atoms with Crippen LogP contribution in [0.1, 0.15) is 5.56 Å². The number of thioether (sulfide) groups is 1. The molecular weight excluding hydrogens is 220 g/mol. The summed E-state index contributed by atoms with van der Waals surface area (Å²) >= 11 is 1.48. The van der Waals surface area contributed by atoms with Gasteiger partial charge in [0, 0.05) is 5.75 Å². The van der Waals surface area contributed by atoms with E-state index < -0.39 is 0 Å². The summed E-state index contributed by atoms with van der Waals surface area (Å²) in [5.41, 5.74) is 1.04. The SMILES string of the molecule is C=CCSCC(=O)Nc1ccccc1C#N. The van der Waals surface area contributed by atoms with E-state index in [0.29, 0.717) is 17.0 Å². The Kier molecular flexibility index (Phi) is 5.17. The van der Waals surface area contributed by atoms with Gasteiger partial charge in [0.1, 0.15) is 6.07 Å². The van der Waals surface area contributed by atoms with Crippen molar-refractivity contribution in [3.05, 3.63) is 42.5 Å². The molecule has 0 atom stereocenters. The predicted molar refractivity (Wildman–Crippen MR) is 67.3 cm³/mol. The molecule has 1 aromatic rings. The van der Waals surface area contributed by atoms with E-state index in [1.807, 2.05) is 6.07 Å². The molecule has 0 aliphatic rings. The molecule has 1 aromatic carbocycles. The lowest BCUT2D eigenvalue weighted by Crippen LogP contribution is -2.15. The topological polar surface area (TPSA) is 52.9 Å². The second kappa shape index (κ2) is 6.70. The van der Waals surface area contributed by atoms with Crippen molar-refractivity contribution in [1.82, 2.24) is 0 Å². The maximum Gasteiger partial charge on any atom is 0.234 e. The molecule has 1 rings (SSSR count). The van der Waals surface area contributed by atoms with Crippen molar-refractivity contribution < 1.29 is 4.79 Å². The van der Waals surface area contributed by atoms with Gasteiger partial charge in [0.2, 0.25) is 5.91 Å². The van der Waals surface area contributed by atoms with Crippen molar-refractivity contribution in [2.24, 2.45) is 0 Å². The number of anilines is 1. The van der Waals surface area contributed by atoms with Crippen LogP contribution >= 0.6 is 11.8 Å². The Morgan fingerprint density at radius 1 is 1.56 bits per heavy atom. The normalized spacial score (nSPS) is 9.19. The van der Waals surface area contributed by atoms with Crippen LogP contribution < -0.4 is 5.32 Å². The molecule has 0 heterocycles. The van der Waals surface area contributed by atoms with Crippen molar-refractivity contribution in [3.63, 3.8) is 0 Å². The molecule has 0 unspecified atom stereocenters. The maximum absolute atomic E-state index is 11.5. The number of carbonyl (C=O) groups excluding carboxylic acids is 1. The van der Waals surface area contributed by atoms with Crippen LogP contribution in [0.4, 0.5) is 5.69 Å². The van der Waals surface area contributed by atoms with Crippen LogP contribution in [0, 0.1) is 11.3 Å². The minimum Gasteiger partial charge on any atom is -0.324 e. The van der Waals surface area contributed by atoms with E-state index in [2.05, 4.69) is 11.9 Å². The highest BCUT2D eigenvalue weighted by molar-refractivity contribution is 8.00. The molecule has 0 spiro atoms. The first-order valence-corrected chi connectivity index (χ1v) is 5.91. The van der Waals surface area contributed by atoms with E-state index in [1.54, 1.807) is 30.3 Å². The lowest BCUT2D eigenvalue weighted by Gasteiger charge is -2.05. The Bertz CT molecular complexity index is 423. The van der Waals surface area contributed by atoms with Crippen molar-refractivity contribution in [1.29, 1.82) is 5.26 Å². The van der Waals surface area contributed by atoms with Crippen molar-refractivity contribution in [2.75, 3.05) is 16.8 Å². The molecule has 1 N–H and O–H groups in total. The van der Waals surface area contributed by atoms with Crippen LogP contribution in [0.25, 0.3) is 0 Å². The van der Waals surface area contributed by atoms with Crippen molar-refractivity contribution in [3.8, 4) is 6.07 Å². The summed E-state index contributed by atoms with van der Waals surface area (Å²) in [5.74, 6) is 1.01. The highest BCUT2D eigenvalue weighted by Gasteiger charge is 2.05. The zero-order valence-corrected chi connectivity index (χ0v) is 9.59. The highest BCUT2D eigenvalue weighted by Crippen LogP contribution is 2.13. The summed E-state index contributed by atoms with van der Waals surface area (Å²) in [6, 6.07) is 8.97. The van der Waals surface area contributed by atoms with Gasteiger partial charge < -0.3 is 5.32 Å². The Hall–Kier alpha value is -1.73. The van der Waals surface area contributed by atoms with Crippen molar-refractivity contribution >= 4 is 23.4 Å². The Balaban J connectivity index is 2.56. The number of rotatable bonds is 5. The Labute approximate surface area is 99.2 Å². The van der Waals surface area contributed by atoms with Gasteiger partial charge in [-0.15, -0.1) is 18.3 Å². The summed E-state index contributed by atoms with van der Waals surface area (Å²) in [5, 5.41) is 11.5. The quantitative estimate of drug-likeness (QED) is 0.626. The third-order valence-electron chi connectivity index (χ3n) is 1.79. The van der Waals surface area contributed by atoms with Crippen LogP contribution in [0.3, 0.4) is 0 Å². The average molecular weight is 232 g/mol. The molecule has 3 nitrogen and oxygen atoms in total. The fourth-order valence-corrected chi connectivity index (χ4v) is 1.65. The summed E-state index contributed by atoms with van der Waals surface area (Å²) < 4.78 is 0. The van der Waals surface area contributed by atoms with Gasteiger partial charge in [0.25, 0.3) is 0 Å². The van der Waals surface area contributed by atoms with Gasteiger partial charge in [-0.2, -0.15) is 5.26 Å². The number of para-hydroxylation sites is 1. The molecule has 16 heavy (non-hydrogen) atoms. The Morgan fingerprint density at radius 3 is 3.00 bits per heavy atom. The summed E-state index contributed by atoms with van der Waals surface area (Å²) in [7, 11) is 0. The molecule has 1 amide bonds. The molecule has 0 radical (unpaired) electrons. The molecule has 0 saturated carbocycles. The van der Waals surface area contributed by atoms with E-state index >= 15 is 0 Å². The number of nitrogens with zero attached hydrogens (tertiary/aromatic N) is 1. The van der Waals surface area contributed by atoms with Gasteiger partial charge in [-0.05, 0) is 12.1 Å². The van der Waals surface area contributed by atoms with Gasteiger partial charge in [0.15, 0.2) is 0 Å². The molecule has 0 aliphatic carbocycles. The number of hydrogen-bond donors (Lipinski definition) is 1. The largest absolute Gasteiger partial charge is 0.324 e. The molecule has 82 valence electrons. The van der Waals surface area contributed by atoms with Gasteiger partial charge in [-0.3, -0.25) is 4.79 Å². The first-order chi connectivity index (χ1) is 7.77. The fraction of sp³-hybridized carbons (Fsp3) is 0.167. The average Bonchev–Trinajstić information content (AvgIpc) is 2.30. The monoisotopic (exact) mass is 232 g/mol. The summed E-state index contributed by atoms with van der Waals surface area (Å²) in [6.45, 7) is 3.57. The molecule has 0 aliphatic heterocycles. The zero-order chi connectivity index (χ0) is 11.8. The minimum absolute atomic E-state index is 0.102. The van der Waals surface area contributed by atoms with Crippen LogP contribution in [0.15, 0.2) is 36.9 Å². The van der Waals surface area contributed by atoms with E-state index in [0.717, 1.165) is 5.75 Å². The smallest absolute Gasteiger partial charge is 0.234 e. The predicted octanol–water partition coefficient (Wildman–Crippen LogP) is 2.42. The van der Waals surface area contributed by atoms with Gasteiger partial charge in [-0.1, -0.05) is 18.2 Å². The molecule has 0 saturated heterocycles. The Morgan fingerprint density at radius 2 is 2.31 bits per heavy atom. The summed E-state index contributed by atoms with van der Waals surface area (Å²) in [6.07, 6.45) is 1.75. The fourth-order valence-electron chi connectivity index (χ4n) is 1.11. The maximum atomic E-state index is 11.5. The number of hydrogen-bond acceptors (Lipinski definition) is 3. The third-order valence-corrected chi connectivity index (χ3v) is 2.73. The lowest BCUT2D eigenvalue weighted by atomic mass is 10.2. The number of benzene rings is 1. The van der Waals surface area contributed by atoms with E-state index in [4.69, 9.17) is 5.26 Å². The lowest BCUT2D eigenvalue weighted by molar-refractivity contribution is -0.113. The van der Waals surface area contributed by atoms with Crippen LogP contribution in [-0.2, 0) is 4.79 Å². The second-order valence-electron chi connectivity index (χ2n) is 3.01. The number of carbonyl (C=O) groups is 1. The highest BCUT2D eigenvalue weighted by atomic mass is 32.2. The first-order valence-electron chi connectivity index (χ1n) is 4.75. The standard InChI is InChI=1S/C12H12N2OS/c1-2-7-16-9-12(15)14-11-6-4-3-5-10(11)8-13/h2-6H,1,7,9H2,(H,14,15). The number of nitrogens with one attached hydrogen (secondary N) is 1. The van der Waals surface area contributed by atoms with E-state index in [9.17, 15) is 4.79 Å². The molecular formula is C12H12N2OS. The van der Waals surface area contributed by atoms with E-state index in [-0.39, 0.29) is 5.91 Å². The van der Waals surface area contributed by atoms with Crippen molar-refractivity contribution in [2.45, 2.75) is 0 Å². The first kappa shape index (κ1) is 12.3. The van der Waals surface area contributed by atoms with Crippen LogP contribution in [0.2, 0.25) is 0 Å². The van der Waals surface area contributed by atoms with Crippen LogP contribution in [-0.4, -0.2) is 17.4 Å². The molecule has 0 aromatic heterocycles. The van der Waals surface area contributed by atoms with Gasteiger partial charge in [-0.25, -0.2) is 0 Å². The third kappa shape index (κ3) is 3.79. The minimum atomic E-state index is -0.102. The molecule has 4 heteroatoms. The van der Waals surface area contributed by atoms with Crippen LogP contribution in [0.5, 0.6) is 0 Å². The number of amides is 1. The van der Waals surface area contributed by atoms with Gasteiger partial charge >= 0.3 is 0 Å². The second-order valence-corrected chi connectivity index (χ2v) is 4.04. The molecule has 0 bridgehead atoms. The van der Waals surface area contributed by atoms with E-state index in [1.165, 1.54) is 11.8 Å².